The Bertz CT molecular complexity index is 261. The van der Waals surface area contributed by atoms with E-state index < -0.39 is 0 Å². The molecule has 3 nitrogen and oxygen atoms in total. The molecular weight excluding hydrogens is 162 g/mol. The van der Waals surface area contributed by atoms with Crippen molar-refractivity contribution in [3.63, 3.8) is 0 Å². The Balaban J connectivity index is 1.78. The van der Waals surface area contributed by atoms with Crippen LogP contribution < -0.4 is 0 Å². The summed E-state index contributed by atoms with van der Waals surface area (Å²) in [6.45, 7) is 5.75. The maximum Gasteiger partial charge on any atom is 0.103 e. The lowest BCUT2D eigenvalue weighted by Crippen LogP contribution is -2.21. The Morgan fingerprint density at radius 1 is 1.46 bits per heavy atom. The highest BCUT2D eigenvalue weighted by Crippen LogP contribution is 2.08. The number of rotatable bonds is 3. The third kappa shape index (κ3) is 2.31. The lowest BCUT2D eigenvalue weighted by molar-refractivity contribution is 0.342. The molecule has 1 aliphatic heterocycles. The van der Waals surface area contributed by atoms with Gasteiger partial charge in [-0.2, -0.15) is 0 Å². The molecule has 0 radical (unpaired) electrons. The van der Waals surface area contributed by atoms with E-state index in [1.165, 1.54) is 38.2 Å². The monoisotopic (exact) mass is 179 g/mol. The van der Waals surface area contributed by atoms with Crippen molar-refractivity contribution < 1.29 is 0 Å². The van der Waals surface area contributed by atoms with E-state index in [-0.39, 0.29) is 0 Å². The molecule has 1 saturated heterocycles. The summed E-state index contributed by atoms with van der Waals surface area (Å²) in [7, 11) is 0. The summed E-state index contributed by atoms with van der Waals surface area (Å²) in [5.74, 6) is 1.02. The minimum atomic E-state index is 1.02. The van der Waals surface area contributed by atoms with Crippen molar-refractivity contribution in [3.8, 4) is 0 Å². The van der Waals surface area contributed by atoms with E-state index in [0.29, 0.717) is 0 Å². The molecule has 0 aromatic carbocycles. The van der Waals surface area contributed by atoms with Gasteiger partial charge in [0.25, 0.3) is 0 Å². The number of hydrogen-bond donors (Lipinski definition) is 1. The summed E-state index contributed by atoms with van der Waals surface area (Å²) in [6.07, 6.45) is 5.82. The molecule has 0 atom stereocenters. The van der Waals surface area contributed by atoms with E-state index in [1.807, 2.05) is 13.1 Å². The van der Waals surface area contributed by atoms with Crippen LogP contribution in [0.2, 0.25) is 0 Å². The van der Waals surface area contributed by atoms with Crippen LogP contribution in [0.15, 0.2) is 6.20 Å². The Hall–Kier alpha value is -0.830. The van der Waals surface area contributed by atoms with Crippen molar-refractivity contribution in [2.24, 2.45) is 0 Å². The van der Waals surface area contributed by atoms with Gasteiger partial charge in [0.1, 0.15) is 5.82 Å². The van der Waals surface area contributed by atoms with Gasteiger partial charge in [-0.05, 0) is 32.9 Å². The smallest absolute Gasteiger partial charge is 0.103 e. The number of aromatic amines is 1. The normalized spacial score (nSPS) is 18.2. The molecule has 0 bridgehead atoms. The fraction of sp³-hybridized carbons (Fsp3) is 0.700. The zero-order chi connectivity index (χ0) is 9.10. The largest absolute Gasteiger partial charge is 0.346 e. The number of aryl methyl sites for hydroxylation is 1. The Morgan fingerprint density at radius 2 is 2.23 bits per heavy atom. The highest BCUT2D eigenvalue weighted by atomic mass is 15.1. The number of likely N-dealkylation sites (tertiary alicyclic amines) is 1. The van der Waals surface area contributed by atoms with Crippen molar-refractivity contribution in [2.75, 3.05) is 19.6 Å². The summed E-state index contributed by atoms with van der Waals surface area (Å²) in [6, 6.07) is 0. The predicted octanol–water partition coefficient (Wildman–Crippen LogP) is 1.36. The summed E-state index contributed by atoms with van der Waals surface area (Å²) >= 11 is 0. The van der Waals surface area contributed by atoms with Crippen LogP contribution in [0.25, 0.3) is 0 Å². The zero-order valence-corrected chi connectivity index (χ0v) is 8.21. The maximum absolute atomic E-state index is 4.19. The van der Waals surface area contributed by atoms with Crippen LogP contribution in [-0.2, 0) is 6.42 Å². The molecule has 0 saturated carbocycles. The predicted molar refractivity (Wildman–Crippen MR) is 52.7 cm³/mol. The van der Waals surface area contributed by atoms with E-state index in [4.69, 9.17) is 0 Å². The SMILES string of the molecule is Cc1ncc(CCN2CCCC2)[nH]1. The van der Waals surface area contributed by atoms with Gasteiger partial charge < -0.3 is 9.88 Å². The standard InChI is InChI=1S/C10H17N3/c1-9-11-8-10(12-9)4-7-13-5-2-3-6-13/h8H,2-7H2,1H3,(H,11,12). The molecule has 1 aromatic rings. The van der Waals surface area contributed by atoms with Gasteiger partial charge in [-0.3, -0.25) is 0 Å². The van der Waals surface area contributed by atoms with Crippen LogP contribution in [0, 0.1) is 6.92 Å². The van der Waals surface area contributed by atoms with Crippen molar-refractivity contribution in [1.29, 1.82) is 0 Å². The number of nitrogens with zero attached hydrogens (tertiary/aromatic N) is 2. The topological polar surface area (TPSA) is 31.9 Å². The van der Waals surface area contributed by atoms with Gasteiger partial charge >= 0.3 is 0 Å². The Kier molecular flexibility index (Phi) is 2.64. The molecule has 0 unspecified atom stereocenters. The van der Waals surface area contributed by atoms with Gasteiger partial charge in [0.2, 0.25) is 0 Å². The molecule has 1 aliphatic rings. The summed E-state index contributed by atoms with van der Waals surface area (Å²) < 4.78 is 0. The summed E-state index contributed by atoms with van der Waals surface area (Å²) in [5.41, 5.74) is 1.27. The molecule has 2 heterocycles. The van der Waals surface area contributed by atoms with E-state index in [1.54, 1.807) is 0 Å². The maximum atomic E-state index is 4.19. The highest BCUT2D eigenvalue weighted by Gasteiger charge is 2.10. The number of H-pyrrole nitrogens is 1. The highest BCUT2D eigenvalue weighted by molar-refractivity contribution is 5.00. The molecule has 13 heavy (non-hydrogen) atoms. The van der Waals surface area contributed by atoms with E-state index in [2.05, 4.69) is 14.9 Å². The summed E-state index contributed by atoms with van der Waals surface area (Å²) in [5, 5.41) is 0. The van der Waals surface area contributed by atoms with Crippen LogP contribution >= 0.6 is 0 Å². The van der Waals surface area contributed by atoms with E-state index in [0.717, 1.165) is 12.2 Å². The first kappa shape index (κ1) is 8.75. The van der Waals surface area contributed by atoms with Crippen LogP contribution in [0.3, 0.4) is 0 Å². The minimum Gasteiger partial charge on any atom is -0.346 e. The van der Waals surface area contributed by atoms with Crippen molar-refractivity contribution >= 4 is 0 Å². The zero-order valence-electron chi connectivity index (χ0n) is 8.21. The first-order valence-corrected chi connectivity index (χ1v) is 5.07. The van der Waals surface area contributed by atoms with E-state index >= 15 is 0 Å². The molecular formula is C10H17N3. The van der Waals surface area contributed by atoms with Gasteiger partial charge in [-0.1, -0.05) is 0 Å². The van der Waals surface area contributed by atoms with Gasteiger partial charge in [-0.15, -0.1) is 0 Å². The Labute approximate surface area is 79.2 Å². The molecule has 0 aliphatic carbocycles. The average molecular weight is 179 g/mol. The van der Waals surface area contributed by atoms with Crippen molar-refractivity contribution in [1.82, 2.24) is 14.9 Å². The van der Waals surface area contributed by atoms with Crippen molar-refractivity contribution in [2.45, 2.75) is 26.2 Å². The fourth-order valence-corrected chi connectivity index (χ4v) is 1.88. The fourth-order valence-electron chi connectivity index (χ4n) is 1.88. The van der Waals surface area contributed by atoms with Gasteiger partial charge in [0, 0.05) is 24.9 Å². The summed E-state index contributed by atoms with van der Waals surface area (Å²) in [4.78, 5) is 9.97. The van der Waals surface area contributed by atoms with Gasteiger partial charge in [0.15, 0.2) is 0 Å². The molecule has 1 fully saturated rings. The quantitative estimate of drug-likeness (QED) is 0.759. The first-order chi connectivity index (χ1) is 6.34. The second-order valence-corrected chi connectivity index (χ2v) is 3.79. The van der Waals surface area contributed by atoms with Crippen LogP contribution in [0.5, 0.6) is 0 Å². The number of aromatic nitrogens is 2. The number of nitrogens with one attached hydrogen (secondary N) is 1. The van der Waals surface area contributed by atoms with Crippen LogP contribution in [0.1, 0.15) is 24.4 Å². The lowest BCUT2D eigenvalue weighted by Gasteiger charge is -2.12. The number of hydrogen-bond acceptors (Lipinski definition) is 2. The minimum absolute atomic E-state index is 1.02. The van der Waals surface area contributed by atoms with Crippen LogP contribution in [0.4, 0.5) is 0 Å². The first-order valence-electron chi connectivity index (χ1n) is 5.07. The number of imidazole rings is 1. The second kappa shape index (κ2) is 3.92. The molecule has 0 spiro atoms. The molecule has 1 aromatic heterocycles. The molecule has 0 amide bonds. The third-order valence-electron chi connectivity index (χ3n) is 2.65. The second-order valence-electron chi connectivity index (χ2n) is 3.79. The average Bonchev–Trinajstić information content (AvgIpc) is 2.71. The molecule has 2 rings (SSSR count). The molecule has 72 valence electrons. The third-order valence-corrected chi connectivity index (χ3v) is 2.65. The molecule has 3 heteroatoms. The Morgan fingerprint density at radius 3 is 2.85 bits per heavy atom. The van der Waals surface area contributed by atoms with Gasteiger partial charge in [-0.25, -0.2) is 4.98 Å². The van der Waals surface area contributed by atoms with Crippen molar-refractivity contribution in [3.05, 3.63) is 17.7 Å². The van der Waals surface area contributed by atoms with E-state index in [9.17, 15) is 0 Å². The van der Waals surface area contributed by atoms with Crippen LogP contribution in [-0.4, -0.2) is 34.5 Å². The van der Waals surface area contributed by atoms with Gasteiger partial charge in [0.05, 0.1) is 0 Å². The molecule has 1 N–H and O–H groups in total. The lowest BCUT2D eigenvalue weighted by atomic mass is 10.3.